The van der Waals surface area contributed by atoms with Crippen LogP contribution >= 0.6 is 15.9 Å². The van der Waals surface area contributed by atoms with Crippen LogP contribution in [0.1, 0.15) is 51.9 Å². The number of amides is 3. The number of ether oxygens (including phenoxy) is 2. The third-order valence-corrected chi connectivity index (χ3v) is 7.28. The molecule has 3 N–H and O–H groups in total. The Labute approximate surface area is 278 Å². The lowest BCUT2D eigenvalue weighted by atomic mass is 10.1. The van der Waals surface area contributed by atoms with Crippen molar-refractivity contribution < 1.29 is 33.6 Å². The summed E-state index contributed by atoms with van der Waals surface area (Å²) in [5.41, 5.74) is 3.17. The quantitative estimate of drug-likeness (QED) is 0.0486. The van der Waals surface area contributed by atoms with E-state index in [1.54, 1.807) is 59.9 Å². The number of anilines is 3. The number of benzene rings is 2. The summed E-state index contributed by atoms with van der Waals surface area (Å²) in [5.74, 6) is -0.780. The molecule has 2 heterocycles. The van der Waals surface area contributed by atoms with Crippen molar-refractivity contribution in [1.29, 1.82) is 0 Å². The Morgan fingerprint density at radius 2 is 1.49 bits per heavy atom. The van der Waals surface area contributed by atoms with E-state index in [0.29, 0.717) is 58.5 Å². The number of aromatic nitrogens is 2. The Hall–Kier alpha value is -5.44. The maximum absolute atomic E-state index is 13.3. The van der Waals surface area contributed by atoms with Crippen molar-refractivity contribution in [1.82, 2.24) is 9.13 Å². The SMILES string of the molecule is CCCC(=O)Nc1cc(C(=O)Nc2cc(C(=O)Nc3ccc(OC(=O)OCc4ccc([N+](=O)[O-])cc4)cc3CCBr)n(C)c2)n(C)c1. The second kappa shape index (κ2) is 15.7. The normalized spacial score (nSPS) is 10.6. The predicted molar refractivity (Wildman–Crippen MR) is 178 cm³/mol. The standard InChI is InChI=1S/C32H33BrN6O8/c1-4-5-29(40)34-22-15-27(37(2)17-22)30(41)35-23-16-28(38(3)18-23)31(42)36-26-11-10-25(14-21(26)12-13-33)47-32(43)46-19-20-6-8-24(9-7-20)39(44)45/h6-11,14-18H,4-5,12-13,19H2,1-3H3,(H,34,40)(H,35,41)(H,36,42). The van der Waals surface area contributed by atoms with Crippen molar-refractivity contribution in [3.8, 4) is 5.75 Å². The van der Waals surface area contributed by atoms with Crippen LogP contribution in [0.25, 0.3) is 0 Å². The molecule has 0 bridgehead atoms. The number of hydrogen-bond acceptors (Lipinski definition) is 8. The average molecular weight is 710 g/mol. The highest BCUT2D eigenvalue weighted by Gasteiger charge is 2.19. The summed E-state index contributed by atoms with van der Waals surface area (Å²) in [5, 5.41) is 19.8. The summed E-state index contributed by atoms with van der Waals surface area (Å²) in [6, 6.07) is 13.4. The maximum atomic E-state index is 13.3. The van der Waals surface area contributed by atoms with Gasteiger partial charge in [0, 0.05) is 56.1 Å². The van der Waals surface area contributed by atoms with Crippen LogP contribution in [0.2, 0.25) is 0 Å². The van der Waals surface area contributed by atoms with Crippen LogP contribution in [-0.4, -0.2) is 43.3 Å². The largest absolute Gasteiger partial charge is 0.514 e. The molecular formula is C32H33BrN6O8. The lowest BCUT2D eigenvalue weighted by Gasteiger charge is -2.13. The fraction of sp³-hybridized carbons (Fsp3) is 0.250. The number of carbonyl (C=O) groups is 4. The zero-order valence-electron chi connectivity index (χ0n) is 25.9. The number of nitrogens with one attached hydrogen (secondary N) is 3. The molecule has 246 valence electrons. The molecule has 15 heteroatoms. The summed E-state index contributed by atoms with van der Waals surface area (Å²) in [7, 11) is 3.37. The van der Waals surface area contributed by atoms with Gasteiger partial charge in [-0.1, -0.05) is 22.9 Å². The Morgan fingerprint density at radius 3 is 2.09 bits per heavy atom. The van der Waals surface area contributed by atoms with Gasteiger partial charge < -0.3 is 34.6 Å². The van der Waals surface area contributed by atoms with Gasteiger partial charge in [0.2, 0.25) is 5.91 Å². The summed E-state index contributed by atoms with van der Waals surface area (Å²) in [6.45, 7) is 1.77. The number of non-ortho nitro benzene ring substituents is 1. The molecule has 0 atom stereocenters. The van der Waals surface area contributed by atoms with Gasteiger partial charge in [0.1, 0.15) is 23.7 Å². The molecule has 2 aromatic heterocycles. The molecular weight excluding hydrogens is 676 g/mol. The number of carbonyl (C=O) groups excluding carboxylic acids is 4. The molecule has 0 unspecified atom stereocenters. The first kappa shape index (κ1) is 34.4. The van der Waals surface area contributed by atoms with Gasteiger partial charge in [-0.3, -0.25) is 24.5 Å². The van der Waals surface area contributed by atoms with Gasteiger partial charge >= 0.3 is 6.16 Å². The van der Waals surface area contributed by atoms with E-state index < -0.39 is 22.9 Å². The molecule has 0 radical (unpaired) electrons. The van der Waals surface area contributed by atoms with Crippen LogP contribution in [0.3, 0.4) is 0 Å². The molecule has 0 saturated carbocycles. The second-order valence-electron chi connectivity index (χ2n) is 10.5. The second-order valence-corrected chi connectivity index (χ2v) is 11.3. The molecule has 0 saturated heterocycles. The third-order valence-electron chi connectivity index (χ3n) is 6.89. The fourth-order valence-electron chi connectivity index (χ4n) is 4.60. The van der Waals surface area contributed by atoms with Gasteiger partial charge in [-0.25, -0.2) is 4.79 Å². The van der Waals surface area contributed by atoms with Crippen molar-refractivity contribution in [3.05, 3.63) is 99.6 Å². The molecule has 3 amide bonds. The number of nitrogens with zero attached hydrogens (tertiary/aromatic N) is 3. The third kappa shape index (κ3) is 9.29. The maximum Gasteiger partial charge on any atom is 0.514 e. The first-order valence-corrected chi connectivity index (χ1v) is 15.6. The van der Waals surface area contributed by atoms with Crippen molar-refractivity contribution in [2.24, 2.45) is 14.1 Å². The lowest BCUT2D eigenvalue weighted by molar-refractivity contribution is -0.384. The molecule has 0 fully saturated rings. The number of nitro groups is 1. The van der Waals surface area contributed by atoms with Gasteiger partial charge in [-0.15, -0.1) is 0 Å². The highest BCUT2D eigenvalue weighted by Crippen LogP contribution is 2.26. The molecule has 0 aliphatic rings. The van der Waals surface area contributed by atoms with Gasteiger partial charge in [-0.2, -0.15) is 0 Å². The minimum absolute atomic E-state index is 0.0740. The summed E-state index contributed by atoms with van der Waals surface area (Å²) < 4.78 is 13.6. The molecule has 4 rings (SSSR count). The first-order valence-electron chi connectivity index (χ1n) is 14.5. The first-order chi connectivity index (χ1) is 22.5. The molecule has 0 aliphatic heterocycles. The van der Waals surface area contributed by atoms with E-state index in [1.165, 1.54) is 30.3 Å². The Morgan fingerprint density at radius 1 is 0.872 bits per heavy atom. The minimum atomic E-state index is -0.962. The highest BCUT2D eigenvalue weighted by molar-refractivity contribution is 9.09. The van der Waals surface area contributed by atoms with Gasteiger partial charge in [0.05, 0.1) is 16.3 Å². The van der Waals surface area contributed by atoms with Gasteiger partial charge in [0.15, 0.2) is 0 Å². The van der Waals surface area contributed by atoms with Gasteiger partial charge in [-0.05, 0) is 66.4 Å². The van der Waals surface area contributed by atoms with Crippen LogP contribution in [-0.2, 0) is 36.7 Å². The lowest BCUT2D eigenvalue weighted by Crippen LogP contribution is -2.17. The number of nitro benzene ring substituents is 1. The van der Waals surface area contributed by atoms with Crippen LogP contribution < -0.4 is 20.7 Å². The van der Waals surface area contributed by atoms with Gasteiger partial charge in [0.25, 0.3) is 17.5 Å². The fourth-order valence-corrected chi connectivity index (χ4v) is 5.02. The number of halogens is 1. The van der Waals surface area contributed by atoms with Crippen LogP contribution in [0.5, 0.6) is 5.75 Å². The zero-order chi connectivity index (χ0) is 34.1. The van der Waals surface area contributed by atoms with E-state index in [2.05, 4.69) is 31.9 Å². The van der Waals surface area contributed by atoms with E-state index in [1.807, 2.05) is 6.92 Å². The summed E-state index contributed by atoms with van der Waals surface area (Å²) >= 11 is 3.40. The van der Waals surface area contributed by atoms with E-state index in [4.69, 9.17) is 9.47 Å². The van der Waals surface area contributed by atoms with Crippen LogP contribution in [0.4, 0.5) is 27.5 Å². The van der Waals surface area contributed by atoms with Crippen molar-refractivity contribution in [2.75, 3.05) is 21.3 Å². The molecule has 4 aromatic rings. The van der Waals surface area contributed by atoms with E-state index in [0.717, 1.165) is 0 Å². The van der Waals surface area contributed by atoms with E-state index in [-0.39, 0.29) is 29.6 Å². The molecule has 2 aromatic carbocycles. The summed E-state index contributed by atoms with van der Waals surface area (Å²) in [6.07, 6.45) is 3.88. The zero-order valence-corrected chi connectivity index (χ0v) is 27.5. The highest BCUT2D eigenvalue weighted by atomic mass is 79.9. The average Bonchev–Trinajstić information content (AvgIpc) is 3.58. The van der Waals surface area contributed by atoms with Crippen molar-refractivity contribution in [3.63, 3.8) is 0 Å². The predicted octanol–water partition coefficient (Wildman–Crippen LogP) is 6.17. The number of alkyl halides is 1. The summed E-state index contributed by atoms with van der Waals surface area (Å²) in [4.78, 5) is 60.8. The molecule has 0 spiro atoms. The van der Waals surface area contributed by atoms with Crippen LogP contribution in [0.15, 0.2) is 67.0 Å². The van der Waals surface area contributed by atoms with E-state index >= 15 is 0 Å². The number of hydrogen-bond donors (Lipinski definition) is 3. The van der Waals surface area contributed by atoms with Crippen molar-refractivity contribution in [2.45, 2.75) is 32.8 Å². The number of rotatable bonds is 13. The Bertz CT molecular complexity index is 1800. The topological polar surface area (TPSA) is 176 Å². The Kier molecular flexibility index (Phi) is 11.5. The smallest absolute Gasteiger partial charge is 0.429 e. The molecule has 14 nitrogen and oxygen atoms in total. The van der Waals surface area contributed by atoms with Crippen molar-refractivity contribution >= 4 is 62.6 Å². The molecule has 0 aliphatic carbocycles. The molecule has 47 heavy (non-hydrogen) atoms. The number of aryl methyl sites for hydroxylation is 3. The van der Waals surface area contributed by atoms with E-state index in [9.17, 15) is 29.3 Å². The monoisotopic (exact) mass is 708 g/mol. The minimum Gasteiger partial charge on any atom is -0.429 e. The van der Waals surface area contributed by atoms with Crippen LogP contribution in [0, 0.1) is 10.1 Å². The Balaban J connectivity index is 1.38.